The number of aryl methyl sites for hydroxylation is 1. The molecule has 1 aromatic carbocycles. The number of nitrogens with zero attached hydrogens (tertiary/aromatic N) is 1. The highest BCUT2D eigenvalue weighted by molar-refractivity contribution is 5.75. The summed E-state index contributed by atoms with van der Waals surface area (Å²) in [6.07, 6.45) is 0. The number of aromatic amines is 1. The van der Waals surface area contributed by atoms with Crippen molar-refractivity contribution in [3.8, 4) is 0 Å². The lowest BCUT2D eigenvalue weighted by molar-refractivity contribution is 0.616. The van der Waals surface area contributed by atoms with Crippen molar-refractivity contribution >= 4 is 11.0 Å². The molecule has 1 heterocycles. The van der Waals surface area contributed by atoms with Gasteiger partial charge in [-0.05, 0) is 31.2 Å². The monoisotopic (exact) mass is 218 g/mol. The smallest absolute Gasteiger partial charge is 0.104 e. The molecule has 86 valence electrons. The van der Waals surface area contributed by atoms with E-state index in [1.54, 1.807) is 0 Å². The number of nitrogens with two attached hydrogens (primary N) is 1. The topological polar surface area (TPSA) is 66.7 Å². The van der Waals surface area contributed by atoms with Crippen molar-refractivity contribution in [3.63, 3.8) is 0 Å². The van der Waals surface area contributed by atoms with Gasteiger partial charge in [-0.1, -0.05) is 13.0 Å². The third-order valence-corrected chi connectivity index (χ3v) is 2.67. The van der Waals surface area contributed by atoms with E-state index in [-0.39, 0.29) is 6.04 Å². The Morgan fingerprint density at radius 1 is 1.50 bits per heavy atom. The summed E-state index contributed by atoms with van der Waals surface area (Å²) in [5.74, 6) is 0.937. The largest absolute Gasteiger partial charge is 0.342 e. The molecule has 1 atom stereocenters. The van der Waals surface area contributed by atoms with Gasteiger partial charge in [0.1, 0.15) is 5.82 Å². The highest BCUT2D eigenvalue weighted by Gasteiger charge is 2.07. The summed E-state index contributed by atoms with van der Waals surface area (Å²) in [5.41, 5.74) is 9.27. The Kier molecular flexibility index (Phi) is 3.22. The minimum atomic E-state index is 0.0351. The molecule has 0 aliphatic rings. The quantitative estimate of drug-likeness (QED) is 0.728. The molecule has 4 nitrogen and oxygen atoms in total. The molecule has 0 saturated carbocycles. The zero-order chi connectivity index (χ0) is 11.5. The van der Waals surface area contributed by atoms with Gasteiger partial charge in [-0.15, -0.1) is 0 Å². The Morgan fingerprint density at radius 2 is 2.31 bits per heavy atom. The van der Waals surface area contributed by atoms with Gasteiger partial charge in [-0.25, -0.2) is 4.98 Å². The predicted molar refractivity (Wildman–Crippen MR) is 66.3 cm³/mol. The highest BCUT2D eigenvalue weighted by Crippen LogP contribution is 2.17. The van der Waals surface area contributed by atoms with E-state index in [9.17, 15) is 0 Å². The van der Waals surface area contributed by atoms with Crippen LogP contribution in [0.4, 0.5) is 0 Å². The maximum Gasteiger partial charge on any atom is 0.104 e. The number of imidazole rings is 1. The molecular formula is C12H18N4. The first-order valence-corrected chi connectivity index (χ1v) is 5.63. The van der Waals surface area contributed by atoms with Crippen LogP contribution < -0.4 is 11.1 Å². The van der Waals surface area contributed by atoms with Crippen molar-refractivity contribution < 1.29 is 0 Å². The Bertz CT molecular complexity index is 475. The summed E-state index contributed by atoms with van der Waals surface area (Å²) in [5, 5.41) is 3.25. The number of likely N-dealkylation sites (N-methyl/N-ethyl adjacent to an activating group) is 1. The summed E-state index contributed by atoms with van der Waals surface area (Å²) in [4.78, 5) is 7.59. The zero-order valence-corrected chi connectivity index (χ0v) is 9.75. The number of H-pyrrole nitrogens is 1. The maximum atomic E-state index is 6.08. The molecule has 4 N–H and O–H groups in total. The number of fused-ring (bicyclic) bond motifs is 1. The minimum Gasteiger partial charge on any atom is -0.342 e. The maximum absolute atomic E-state index is 6.08. The summed E-state index contributed by atoms with van der Waals surface area (Å²) >= 11 is 0. The predicted octanol–water partition coefficient (Wildman–Crippen LogP) is 1.48. The van der Waals surface area contributed by atoms with Crippen LogP contribution in [0.1, 0.15) is 24.4 Å². The SMILES string of the molecule is CCNCC(N)c1ccc2nc(C)[nH]c2c1. The van der Waals surface area contributed by atoms with Crippen LogP contribution in [-0.2, 0) is 0 Å². The van der Waals surface area contributed by atoms with E-state index in [1.165, 1.54) is 0 Å². The molecule has 0 saturated heterocycles. The first-order valence-electron chi connectivity index (χ1n) is 5.63. The van der Waals surface area contributed by atoms with Gasteiger partial charge in [-0.2, -0.15) is 0 Å². The third-order valence-electron chi connectivity index (χ3n) is 2.67. The molecule has 4 heteroatoms. The van der Waals surface area contributed by atoms with Crippen LogP contribution in [0.15, 0.2) is 18.2 Å². The Labute approximate surface area is 95.3 Å². The van der Waals surface area contributed by atoms with E-state index >= 15 is 0 Å². The average molecular weight is 218 g/mol. The summed E-state index contributed by atoms with van der Waals surface area (Å²) in [6, 6.07) is 6.18. The van der Waals surface area contributed by atoms with Gasteiger partial charge in [0.05, 0.1) is 11.0 Å². The first kappa shape index (κ1) is 11.1. The van der Waals surface area contributed by atoms with Crippen molar-refractivity contribution in [2.75, 3.05) is 13.1 Å². The number of benzene rings is 1. The van der Waals surface area contributed by atoms with E-state index in [4.69, 9.17) is 5.73 Å². The van der Waals surface area contributed by atoms with E-state index in [0.29, 0.717) is 0 Å². The van der Waals surface area contributed by atoms with Crippen molar-refractivity contribution in [1.82, 2.24) is 15.3 Å². The van der Waals surface area contributed by atoms with Crippen molar-refractivity contribution in [1.29, 1.82) is 0 Å². The van der Waals surface area contributed by atoms with Crippen LogP contribution in [-0.4, -0.2) is 23.1 Å². The fraction of sp³-hybridized carbons (Fsp3) is 0.417. The molecule has 0 spiro atoms. The van der Waals surface area contributed by atoms with Gasteiger partial charge >= 0.3 is 0 Å². The molecule has 2 aromatic rings. The normalized spacial score (nSPS) is 13.2. The van der Waals surface area contributed by atoms with Gasteiger partial charge in [0.2, 0.25) is 0 Å². The van der Waals surface area contributed by atoms with Crippen LogP contribution in [0.5, 0.6) is 0 Å². The molecule has 0 aliphatic heterocycles. The van der Waals surface area contributed by atoms with Crippen LogP contribution >= 0.6 is 0 Å². The number of rotatable bonds is 4. The molecular weight excluding hydrogens is 200 g/mol. The summed E-state index contributed by atoms with van der Waals surface area (Å²) in [7, 11) is 0. The van der Waals surface area contributed by atoms with Gasteiger partial charge in [-0.3, -0.25) is 0 Å². The Hall–Kier alpha value is -1.39. The molecule has 0 radical (unpaired) electrons. The average Bonchev–Trinajstić information content (AvgIpc) is 2.64. The molecule has 1 aromatic heterocycles. The second kappa shape index (κ2) is 4.63. The third kappa shape index (κ3) is 2.23. The second-order valence-corrected chi connectivity index (χ2v) is 4.01. The van der Waals surface area contributed by atoms with E-state index in [2.05, 4.69) is 28.3 Å². The fourth-order valence-corrected chi connectivity index (χ4v) is 1.80. The number of hydrogen-bond donors (Lipinski definition) is 3. The first-order chi connectivity index (χ1) is 7.70. The van der Waals surface area contributed by atoms with Crippen molar-refractivity contribution in [2.24, 2.45) is 5.73 Å². The number of aromatic nitrogens is 2. The minimum absolute atomic E-state index is 0.0351. The molecule has 16 heavy (non-hydrogen) atoms. The van der Waals surface area contributed by atoms with Gasteiger partial charge < -0.3 is 16.0 Å². The number of nitrogens with one attached hydrogen (secondary N) is 2. The second-order valence-electron chi connectivity index (χ2n) is 4.01. The standard InChI is InChI=1S/C12H18N4/c1-3-14-7-10(13)9-4-5-11-12(6-9)16-8(2)15-11/h4-6,10,14H,3,7,13H2,1-2H3,(H,15,16). The van der Waals surface area contributed by atoms with E-state index < -0.39 is 0 Å². The fourth-order valence-electron chi connectivity index (χ4n) is 1.80. The molecule has 1 unspecified atom stereocenters. The molecule has 0 aliphatic carbocycles. The van der Waals surface area contributed by atoms with Crippen LogP contribution in [0, 0.1) is 6.92 Å². The number of hydrogen-bond acceptors (Lipinski definition) is 3. The molecule has 0 fully saturated rings. The highest BCUT2D eigenvalue weighted by atomic mass is 14.9. The van der Waals surface area contributed by atoms with Crippen LogP contribution in [0.3, 0.4) is 0 Å². The van der Waals surface area contributed by atoms with Gasteiger partial charge in [0.25, 0.3) is 0 Å². The molecule has 2 rings (SSSR count). The zero-order valence-electron chi connectivity index (χ0n) is 9.75. The van der Waals surface area contributed by atoms with Gasteiger partial charge in [0.15, 0.2) is 0 Å². The van der Waals surface area contributed by atoms with Crippen LogP contribution in [0.2, 0.25) is 0 Å². The lowest BCUT2D eigenvalue weighted by Gasteiger charge is -2.12. The van der Waals surface area contributed by atoms with Crippen LogP contribution in [0.25, 0.3) is 11.0 Å². The Balaban J connectivity index is 2.24. The summed E-state index contributed by atoms with van der Waals surface area (Å²) in [6.45, 7) is 5.78. The van der Waals surface area contributed by atoms with Crippen molar-refractivity contribution in [2.45, 2.75) is 19.9 Å². The summed E-state index contributed by atoms with van der Waals surface area (Å²) < 4.78 is 0. The lowest BCUT2D eigenvalue weighted by atomic mass is 10.1. The van der Waals surface area contributed by atoms with Gasteiger partial charge in [0, 0.05) is 12.6 Å². The molecule has 0 bridgehead atoms. The molecule has 0 amide bonds. The van der Waals surface area contributed by atoms with E-state index in [1.807, 2.05) is 19.1 Å². The van der Waals surface area contributed by atoms with Crippen molar-refractivity contribution in [3.05, 3.63) is 29.6 Å². The van der Waals surface area contributed by atoms with E-state index in [0.717, 1.165) is 35.5 Å². The lowest BCUT2D eigenvalue weighted by Crippen LogP contribution is -2.26. The Morgan fingerprint density at radius 3 is 3.06 bits per heavy atom.